The molecule has 1 saturated heterocycles. The molecule has 1 fully saturated rings. The van der Waals surface area contributed by atoms with Crippen LogP contribution in [0.4, 0.5) is 4.39 Å². The number of benzene rings is 1. The second-order valence-electron chi connectivity index (χ2n) is 3.65. The van der Waals surface area contributed by atoms with Gasteiger partial charge in [0.25, 0.3) is 0 Å². The Balaban J connectivity index is 2.04. The topological polar surface area (TPSA) is 12.0 Å². The number of halogens is 1. The minimum absolute atomic E-state index is 0.0607. The molecular formula is C11H14FN. The van der Waals surface area contributed by atoms with Crippen LogP contribution in [0.5, 0.6) is 0 Å². The van der Waals surface area contributed by atoms with Gasteiger partial charge in [-0.1, -0.05) is 18.2 Å². The van der Waals surface area contributed by atoms with Gasteiger partial charge in [-0.05, 0) is 43.5 Å². The molecule has 1 nitrogen and oxygen atoms in total. The van der Waals surface area contributed by atoms with Crippen molar-refractivity contribution in [3.8, 4) is 0 Å². The second kappa shape index (κ2) is 3.88. The normalized spacial score (nSPS) is 22.1. The molecule has 1 aromatic rings. The van der Waals surface area contributed by atoms with Gasteiger partial charge in [0.1, 0.15) is 5.82 Å². The Morgan fingerprint density at radius 3 is 2.92 bits per heavy atom. The van der Waals surface area contributed by atoms with E-state index in [0.717, 1.165) is 25.1 Å². The summed E-state index contributed by atoms with van der Waals surface area (Å²) in [4.78, 5) is 0. The zero-order chi connectivity index (χ0) is 9.10. The van der Waals surface area contributed by atoms with Crippen LogP contribution in [-0.2, 0) is 6.42 Å². The first-order valence-corrected chi connectivity index (χ1v) is 4.80. The van der Waals surface area contributed by atoms with E-state index in [1.807, 2.05) is 12.1 Å². The van der Waals surface area contributed by atoms with Crippen molar-refractivity contribution in [2.45, 2.75) is 12.8 Å². The van der Waals surface area contributed by atoms with E-state index in [2.05, 4.69) is 5.32 Å². The molecule has 1 heterocycles. The smallest absolute Gasteiger partial charge is 0.126 e. The summed E-state index contributed by atoms with van der Waals surface area (Å²) in [6.45, 7) is 2.12. The van der Waals surface area contributed by atoms with E-state index in [0.29, 0.717) is 5.92 Å². The Kier molecular flexibility index (Phi) is 2.60. The molecule has 0 saturated carbocycles. The van der Waals surface area contributed by atoms with Gasteiger partial charge >= 0.3 is 0 Å². The molecule has 2 heteroatoms. The van der Waals surface area contributed by atoms with Gasteiger partial charge in [0.15, 0.2) is 0 Å². The highest BCUT2D eigenvalue weighted by Gasteiger charge is 2.15. The molecule has 0 bridgehead atoms. The highest BCUT2D eigenvalue weighted by Crippen LogP contribution is 2.17. The Bertz CT molecular complexity index is 279. The first-order valence-electron chi connectivity index (χ1n) is 4.80. The van der Waals surface area contributed by atoms with E-state index < -0.39 is 0 Å². The summed E-state index contributed by atoms with van der Waals surface area (Å²) in [5.74, 6) is 0.561. The molecule has 70 valence electrons. The van der Waals surface area contributed by atoms with E-state index in [1.165, 1.54) is 12.5 Å². The predicted molar refractivity (Wildman–Crippen MR) is 51.1 cm³/mol. The maximum absolute atomic E-state index is 13.2. The molecule has 1 aliphatic heterocycles. The fourth-order valence-corrected chi connectivity index (χ4v) is 1.86. The van der Waals surface area contributed by atoms with Crippen molar-refractivity contribution >= 4 is 0 Å². The van der Waals surface area contributed by atoms with Crippen LogP contribution in [0.3, 0.4) is 0 Å². The maximum atomic E-state index is 13.2. The summed E-state index contributed by atoms with van der Waals surface area (Å²) in [6.07, 6.45) is 2.05. The molecule has 1 aliphatic rings. The first-order chi connectivity index (χ1) is 6.36. The molecule has 1 aromatic carbocycles. The highest BCUT2D eigenvalue weighted by molar-refractivity contribution is 5.18. The zero-order valence-corrected chi connectivity index (χ0v) is 7.59. The van der Waals surface area contributed by atoms with Crippen molar-refractivity contribution in [3.05, 3.63) is 35.6 Å². The van der Waals surface area contributed by atoms with Gasteiger partial charge in [0, 0.05) is 0 Å². The van der Waals surface area contributed by atoms with E-state index in [1.54, 1.807) is 6.07 Å². The number of rotatable bonds is 2. The predicted octanol–water partition coefficient (Wildman–Crippen LogP) is 1.98. The summed E-state index contributed by atoms with van der Waals surface area (Å²) in [5, 5.41) is 3.29. The molecule has 0 spiro atoms. The van der Waals surface area contributed by atoms with Crippen molar-refractivity contribution in [2.24, 2.45) is 5.92 Å². The molecule has 0 aliphatic carbocycles. The third kappa shape index (κ3) is 2.07. The van der Waals surface area contributed by atoms with Gasteiger partial charge in [-0.2, -0.15) is 0 Å². The second-order valence-corrected chi connectivity index (χ2v) is 3.65. The van der Waals surface area contributed by atoms with Crippen molar-refractivity contribution in [1.29, 1.82) is 0 Å². The fraction of sp³-hybridized carbons (Fsp3) is 0.455. The lowest BCUT2D eigenvalue weighted by molar-refractivity contribution is 0.544. The third-order valence-corrected chi connectivity index (χ3v) is 2.63. The van der Waals surface area contributed by atoms with E-state index in [-0.39, 0.29) is 5.82 Å². The molecule has 1 N–H and O–H groups in total. The largest absolute Gasteiger partial charge is 0.316 e. The molecule has 0 unspecified atom stereocenters. The van der Waals surface area contributed by atoms with Gasteiger partial charge in [-0.25, -0.2) is 4.39 Å². The standard InChI is InChI=1S/C11H14FN/c12-11-4-2-1-3-10(11)7-9-5-6-13-8-9/h1-4,9,13H,5-8H2/t9-/m1/s1. The number of nitrogens with one attached hydrogen (secondary N) is 1. The van der Waals surface area contributed by atoms with E-state index >= 15 is 0 Å². The number of hydrogen-bond acceptors (Lipinski definition) is 1. The summed E-state index contributed by atoms with van der Waals surface area (Å²) in [7, 11) is 0. The third-order valence-electron chi connectivity index (χ3n) is 2.63. The first kappa shape index (κ1) is 8.70. The van der Waals surface area contributed by atoms with Crippen LogP contribution in [0.1, 0.15) is 12.0 Å². The van der Waals surface area contributed by atoms with Crippen LogP contribution in [0.25, 0.3) is 0 Å². The Labute approximate surface area is 78.0 Å². The van der Waals surface area contributed by atoms with Crippen LogP contribution in [0, 0.1) is 11.7 Å². The lowest BCUT2D eigenvalue weighted by atomic mass is 9.98. The van der Waals surface area contributed by atoms with Crippen LogP contribution in [0.15, 0.2) is 24.3 Å². The summed E-state index contributed by atoms with van der Waals surface area (Å²) in [6, 6.07) is 7.07. The highest BCUT2D eigenvalue weighted by atomic mass is 19.1. The molecule has 0 aromatic heterocycles. The van der Waals surface area contributed by atoms with Crippen LogP contribution in [0.2, 0.25) is 0 Å². The quantitative estimate of drug-likeness (QED) is 0.732. The van der Waals surface area contributed by atoms with Gasteiger partial charge in [0.05, 0.1) is 0 Å². The van der Waals surface area contributed by atoms with Crippen LogP contribution >= 0.6 is 0 Å². The van der Waals surface area contributed by atoms with Crippen LogP contribution < -0.4 is 5.32 Å². The monoisotopic (exact) mass is 179 g/mol. The Morgan fingerprint density at radius 1 is 1.38 bits per heavy atom. The fourth-order valence-electron chi connectivity index (χ4n) is 1.86. The zero-order valence-electron chi connectivity index (χ0n) is 7.59. The molecule has 0 radical (unpaired) electrons. The van der Waals surface area contributed by atoms with Crippen molar-refractivity contribution in [2.75, 3.05) is 13.1 Å². The van der Waals surface area contributed by atoms with E-state index in [4.69, 9.17) is 0 Å². The summed E-state index contributed by atoms with van der Waals surface area (Å²) >= 11 is 0. The lowest BCUT2D eigenvalue weighted by Crippen LogP contribution is -2.11. The van der Waals surface area contributed by atoms with Crippen LogP contribution in [-0.4, -0.2) is 13.1 Å². The Morgan fingerprint density at radius 2 is 2.23 bits per heavy atom. The van der Waals surface area contributed by atoms with Gasteiger partial charge in [-0.15, -0.1) is 0 Å². The SMILES string of the molecule is Fc1ccccc1C[C@H]1CCNC1. The summed E-state index contributed by atoms with van der Waals surface area (Å²) < 4.78 is 13.2. The minimum atomic E-state index is -0.0607. The van der Waals surface area contributed by atoms with Crippen molar-refractivity contribution in [1.82, 2.24) is 5.32 Å². The summed E-state index contributed by atoms with van der Waals surface area (Å²) in [5.41, 5.74) is 0.858. The Hall–Kier alpha value is -0.890. The van der Waals surface area contributed by atoms with Gasteiger partial charge in [-0.3, -0.25) is 0 Å². The maximum Gasteiger partial charge on any atom is 0.126 e. The van der Waals surface area contributed by atoms with Gasteiger partial charge in [0.2, 0.25) is 0 Å². The molecular weight excluding hydrogens is 165 g/mol. The average molecular weight is 179 g/mol. The van der Waals surface area contributed by atoms with Crippen molar-refractivity contribution in [3.63, 3.8) is 0 Å². The molecule has 13 heavy (non-hydrogen) atoms. The average Bonchev–Trinajstić information content (AvgIpc) is 2.61. The molecule has 1 atom stereocenters. The van der Waals surface area contributed by atoms with Crippen molar-refractivity contribution < 1.29 is 4.39 Å². The van der Waals surface area contributed by atoms with E-state index in [9.17, 15) is 4.39 Å². The molecule has 0 amide bonds. The minimum Gasteiger partial charge on any atom is -0.316 e. The number of hydrogen-bond donors (Lipinski definition) is 1. The lowest BCUT2D eigenvalue weighted by Gasteiger charge is -2.08. The van der Waals surface area contributed by atoms with Gasteiger partial charge < -0.3 is 5.32 Å². The molecule has 2 rings (SSSR count).